The van der Waals surface area contributed by atoms with Gasteiger partial charge in [0.1, 0.15) is 47.8 Å². The number of nitrogens with one attached hydrogen (secondary N) is 3. The number of piperidine rings is 1. The molecule has 3 aliphatic heterocycles. The van der Waals surface area contributed by atoms with Crippen molar-refractivity contribution in [2.45, 2.75) is 255 Å². The molecule has 11 atom stereocenters. The van der Waals surface area contributed by atoms with E-state index < -0.39 is 174 Å². The largest absolute Gasteiger partial charge is 0.393 e. The van der Waals surface area contributed by atoms with Crippen LogP contribution in [0, 0.1) is 35.5 Å². The molecule has 0 aromatic rings. The first-order valence-corrected chi connectivity index (χ1v) is 36.9. The predicted molar refractivity (Wildman–Crippen MR) is 367 cm³/mol. The minimum atomic E-state index is -4.51. The Morgan fingerprint density at radius 3 is 1.77 bits per heavy atom. The first-order valence-electron chi connectivity index (χ1n) is 36.5. The fourth-order valence-corrected chi connectivity index (χ4v) is 16.2. The molecule has 3 saturated carbocycles. The van der Waals surface area contributed by atoms with E-state index in [9.17, 15) is 46.7 Å². The zero-order valence-corrected chi connectivity index (χ0v) is 62.0. The van der Waals surface area contributed by atoms with Gasteiger partial charge in [-0.3, -0.25) is 57.5 Å². The molecule has 3 aliphatic carbocycles. The molecule has 560 valence electrons. The van der Waals surface area contributed by atoms with Gasteiger partial charge in [-0.2, -0.15) is 13.2 Å². The highest BCUT2D eigenvalue weighted by molar-refractivity contribution is 6.20. The first kappa shape index (κ1) is 81.7. The van der Waals surface area contributed by atoms with Crippen LogP contribution in [0.3, 0.4) is 0 Å². The second-order valence-electron chi connectivity index (χ2n) is 30.6. The third kappa shape index (κ3) is 21.6. The number of alkyl halides is 4. The van der Waals surface area contributed by atoms with Crippen LogP contribution < -0.4 is 16.0 Å². The number of fused-ring (bicyclic) bond motifs is 1. The lowest BCUT2D eigenvalue weighted by atomic mass is 9.78. The fourth-order valence-electron chi connectivity index (χ4n) is 15.7. The first-order chi connectivity index (χ1) is 46.5. The van der Waals surface area contributed by atoms with E-state index in [4.69, 9.17) is 11.6 Å². The average molecular weight is 1420 g/mol. The molecule has 3 unspecified atom stereocenters. The van der Waals surface area contributed by atoms with Crippen LogP contribution in [0.1, 0.15) is 196 Å². The predicted octanol–water partition coefficient (Wildman–Crippen LogP) is 5.95. The van der Waals surface area contributed by atoms with E-state index in [-0.39, 0.29) is 75.7 Å². The number of nitrogens with zero attached hydrogens (tertiary/aromatic N) is 9. The Hall–Kier alpha value is -6.28. The average Bonchev–Trinajstić information content (AvgIpc) is 1.57. The molecule has 6 aliphatic rings. The molecule has 3 N–H and O–H groups in total. The zero-order valence-electron chi connectivity index (χ0n) is 61.2. The maximum absolute atomic E-state index is 15.6. The van der Waals surface area contributed by atoms with Crippen molar-refractivity contribution in [1.82, 2.24) is 60.0 Å². The van der Waals surface area contributed by atoms with Crippen molar-refractivity contribution in [3.63, 3.8) is 0 Å². The van der Waals surface area contributed by atoms with Gasteiger partial charge < -0.3 is 60.0 Å². The van der Waals surface area contributed by atoms with E-state index in [1.165, 1.54) is 87.7 Å². The highest BCUT2D eigenvalue weighted by atomic mass is 35.5. The SMILES string of the molecule is CC[C@H](C)[C@@H]1NC(=O)[C@H](CC(C)C)N(C)C(=O)C[C@@H](C(=O)N2CCCCC2)N(C)C(=O)[C@H](C2CCCCC2)N(C)C(=O)C(C)(C)NC(=O)[C@@H]2CCCN2C(=O)[C@H](CCC2CCC(C(F)(F)F)C(Cl)C2)NC(=O)CN(C)C(=O)[C@H](CC2CCCCC2)N(C)C(=O)CN(C)C(=O)CN(C)C1=O. The fraction of sp³-hybridized carbons (Fsp3) is 0.831. The Balaban J connectivity index is 1.40. The second kappa shape index (κ2) is 36.5. The van der Waals surface area contributed by atoms with Gasteiger partial charge in [-0.1, -0.05) is 85.5 Å². The molecule has 0 aromatic carbocycles. The van der Waals surface area contributed by atoms with E-state index in [0.717, 1.165) is 72.5 Å². The van der Waals surface area contributed by atoms with Crippen molar-refractivity contribution in [3.05, 3.63) is 0 Å². The molecule has 0 bridgehead atoms. The van der Waals surface area contributed by atoms with E-state index in [2.05, 4.69) is 16.0 Å². The van der Waals surface area contributed by atoms with Gasteiger partial charge in [0.05, 0.1) is 32.0 Å². The summed E-state index contributed by atoms with van der Waals surface area (Å²) in [7, 11) is 9.97. The molecule has 0 spiro atoms. The van der Waals surface area contributed by atoms with Gasteiger partial charge in [-0.05, 0) is 133 Å². The summed E-state index contributed by atoms with van der Waals surface area (Å²) >= 11 is 6.38. The molecule has 12 amide bonds. The maximum Gasteiger partial charge on any atom is 0.393 e. The van der Waals surface area contributed by atoms with Gasteiger partial charge in [0.2, 0.25) is 70.9 Å². The summed E-state index contributed by atoms with van der Waals surface area (Å²) in [5.74, 6) is -10.8. The topological polar surface area (TPSA) is 270 Å². The number of carbonyl (C=O) groups is 12. The van der Waals surface area contributed by atoms with Crippen LogP contribution in [0.15, 0.2) is 0 Å². The van der Waals surface area contributed by atoms with Crippen molar-refractivity contribution < 1.29 is 70.7 Å². The molecule has 99 heavy (non-hydrogen) atoms. The monoisotopic (exact) mass is 1420 g/mol. The van der Waals surface area contributed by atoms with Crippen LogP contribution in [-0.4, -0.2) is 263 Å². The van der Waals surface area contributed by atoms with E-state index in [1.54, 1.807) is 11.8 Å². The van der Waals surface area contributed by atoms with E-state index in [1.807, 2.05) is 20.8 Å². The van der Waals surface area contributed by atoms with Crippen molar-refractivity contribution in [1.29, 1.82) is 0 Å². The third-order valence-electron chi connectivity index (χ3n) is 22.2. The van der Waals surface area contributed by atoms with Crippen LogP contribution in [0.4, 0.5) is 13.2 Å². The number of carbonyl (C=O) groups excluding carboxylic acids is 12. The molecule has 3 heterocycles. The van der Waals surface area contributed by atoms with E-state index in [0.29, 0.717) is 51.6 Å². The number of hydrogen-bond acceptors (Lipinski definition) is 12. The van der Waals surface area contributed by atoms with Gasteiger partial charge >= 0.3 is 6.18 Å². The van der Waals surface area contributed by atoms with Crippen LogP contribution in [0.25, 0.3) is 0 Å². The number of halogens is 4. The van der Waals surface area contributed by atoms with E-state index >= 15 is 24.0 Å². The minimum Gasteiger partial charge on any atom is -0.343 e. The maximum atomic E-state index is 15.6. The molecule has 24 nitrogen and oxygen atoms in total. The molecular formula is C71H116ClF3N12O12. The van der Waals surface area contributed by atoms with Gasteiger partial charge in [-0.25, -0.2) is 0 Å². The van der Waals surface area contributed by atoms with Crippen molar-refractivity contribution in [3.8, 4) is 0 Å². The number of likely N-dealkylation sites (tertiary alicyclic amines) is 1. The minimum absolute atomic E-state index is 0.00383. The smallest absolute Gasteiger partial charge is 0.343 e. The van der Waals surface area contributed by atoms with Crippen molar-refractivity contribution in [2.75, 3.05) is 88.6 Å². The highest BCUT2D eigenvalue weighted by Gasteiger charge is 2.50. The summed E-state index contributed by atoms with van der Waals surface area (Å²) in [6, 6.07) is -8.61. The molecule has 0 radical (unpaired) electrons. The Morgan fingerprint density at radius 2 is 1.17 bits per heavy atom. The quantitative estimate of drug-likeness (QED) is 0.203. The summed E-state index contributed by atoms with van der Waals surface area (Å²) in [4.78, 5) is 190. The summed E-state index contributed by atoms with van der Waals surface area (Å²) in [6.45, 7) is 9.48. The Bertz CT molecular complexity index is 2850. The molecule has 6 fully saturated rings. The van der Waals surface area contributed by atoms with Crippen molar-refractivity contribution in [2.24, 2.45) is 35.5 Å². The van der Waals surface area contributed by atoms with Gasteiger partial charge in [-0.15, -0.1) is 11.6 Å². The van der Waals surface area contributed by atoms with Crippen LogP contribution >= 0.6 is 11.6 Å². The highest BCUT2D eigenvalue weighted by Crippen LogP contribution is 2.44. The number of likely N-dealkylation sites (N-methyl/N-ethyl adjacent to an activating group) is 7. The Morgan fingerprint density at radius 1 is 0.586 bits per heavy atom. The Labute approximate surface area is 589 Å². The lowest BCUT2D eigenvalue weighted by molar-refractivity contribution is -0.182. The molecule has 3 saturated heterocycles. The van der Waals surface area contributed by atoms with Crippen LogP contribution in [0.5, 0.6) is 0 Å². The number of rotatable bonds is 11. The number of amides is 12. The lowest BCUT2D eigenvalue weighted by Gasteiger charge is -2.43. The third-order valence-corrected chi connectivity index (χ3v) is 22.7. The Kier molecular flexibility index (Phi) is 30.2. The van der Waals surface area contributed by atoms with Gasteiger partial charge in [0.25, 0.3) is 0 Å². The van der Waals surface area contributed by atoms with Crippen LogP contribution in [-0.2, 0) is 57.5 Å². The molecule has 0 aromatic heterocycles. The summed E-state index contributed by atoms with van der Waals surface area (Å²) in [5.41, 5.74) is -1.74. The van der Waals surface area contributed by atoms with Gasteiger partial charge in [0.15, 0.2) is 0 Å². The standard InChI is InChI=1S/C71H116ClF3N12O12/c1-14-45(4)60-67(97)81(9)42-58(90)79(7)43-59(91)83(11)54(39-46-25-18-15-19-26-46)65(95)80(8)41-56(88)76-51(33-31-47-30-32-49(50(72)38-47)71(73,74)75)64(94)87-36-24-29-52(87)63(93)78-70(5,6)69(99)85(13)61(48-27-20-16-21-28-48)68(98)84(12)55(66(96)86-34-22-17-23-35-86)40-57(89)82(10)53(37-44(2)3)62(92)77-60/h44-55,60-61H,14-43H2,1-13H3,(H,76,88)(H,77,92)(H,78,93)/t45-,47?,49?,50?,51-,52-,53-,54-,55-,60-,61-/m0/s1. The number of hydrogen-bond donors (Lipinski definition) is 3. The van der Waals surface area contributed by atoms with Crippen LogP contribution in [0.2, 0.25) is 0 Å². The van der Waals surface area contributed by atoms with Gasteiger partial charge in [0, 0.05) is 74.3 Å². The summed E-state index contributed by atoms with van der Waals surface area (Å²) in [5, 5.41) is 7.37. The lowest BCUT2D eigenvalue weighted by Crippen LogP contribution is -2.64. The zero-order chi connectivity index (χ0) is 73.5. The molecule has 6 rings (SSSR count). The summed E-state index contributed by atoms with van der Waals surface area (Å²) in [6.07, 6.45) is 6.29. The molecular weight excluding hydrogens is 1310 g/mol. The second-order valence-corrected chi connectivity index (χ2v) is 31.1. The van der Waals surface area contributed by atoms with Crippen molar-refractivity contribution >= 4 is 82.5 Å². The normalized spacial score (nSPS) is 29.6. The molecule has 28 heteroatoms. The summed E-state index contributed by atoms with van der Waals surface area (Å²) < 4.78 is 41.9.